The monoisotopic (exact) mass is 320 g/mol. The zero-order valence-corrected chi connectivity index (χ0v) is 12.4. The number of benzene rings is 2. The van der Waals surface area contributed by atoms with E-state index in [1.54, 1.807) is 0 Å². The molecular weight excluding hydrogens is 307 g/mol. The Kier molecular flexibility index (Phi) is 4.15. The van der Waals surface area contributed by atoms with Gasteiger partial charge in [0.25, 0.3) is 0 Å². The van der Waals surface area contributed by atoms with Crippen molar-refractivity contribution < 1.29 is 9.18 Å². The van der Waals surface area contributed by atoms with Crippen molar-refractivity contribution in [2.45, 2.75) is 20.3 Å². The van der Waals surface area contributed by atoms with Crippen molar-refractivity contribution in [1.29, 1.82) is 0 Å². The number of ketones is 1. The number of hydrogen-bond donors (Lipinski definition) is 0. The van der Waals surface area contributed by atoms with Crippen LogP contribution in [0, 0.1) is 19.7 Å². The van der Waals surface area contributed by atoms with Crippen molar-refractivity contribution in [3.8, 4) is 0 Å². The molecule has 0 heterocycles. The first-order valence-electron chi connectivity index (χ1n) is 6.02. The Morgan fingerprint density at radius 2 is 1.89 bits per heavy atom. The van der Waals surface area contributed by atoms with E-state index in [0.29, 0.717) is 16.5 Å². The van der Waals surface area contributed by atoms with Gasteiger partial charge in [-0.1, -0.05) is 23.8 Å². The number of Topliss-reactive ketones (excluding diaryl/α,β-unsaturated/α-hetero) is 1. The molecule has 2 rings (SSSR count). The highest BCUT2D eigenvalue weighted by Gasteiger charge is 2.11. The first kappa shape index (κ1) is 13.9. The van der Waals surface area contributed by atoms with Crippen LogP contribution in [0.4, 0.5) is 4.39 Å². The van der Waals surface area contributed by atoms with Gasteiger partial charge in [0, 0.05) is 12.0 Å². The highest BCUT2D eigenvalue weighted by Crippen LogP contribution is 2.19. The van der Waals surface area contributed by atoms with E-state index in [1.165, 1.54) is 18.2 Å². The van der Waals surface area contributed by atoms with Gasteiger partial charge in [-0.25, -0.2) is 4.39 Å². The molecule has 98 valence electrons. The average Bonchev–Trinajstić information content (AvgIpc) is 2.37. The summed E-state index contributed by atoms with van der Waals surface area (Å²) in [5.41, 5.74) is 3.77. The van der Waals surface area contributed by atoms with E-state index in [2.05, 4.69) is 15.9 Å². The van der Waals surface area contributed by atoms with Crippen molar-refractivity contribution in [2.75, 3.05) is 0 Å². The van der Waals surface area contributed by atoms with E-state index in [4.69, 9.17) is 0 Å². The lowest BCUT2D eigenvalue weighted by Crippen LogP contribution is -2.05. The van der Waals surface area contributed by atoms with Crippen molar-refractivity contribution in [2.24, 2.45) is 0 Å². The zero-order valence-electron chi connectivity index (χ0n) is 10.8. The summed E-state index contributed by atoms with van der Waals surface area (Å²) in [5, 5.41) is 0. The lowest BCUT2D eigenvalue weighted by molar-refractivity contribution is 0.0992. The van der Waals surface area contributed by atoms with E-state index in [9.17, 15) is 9.18 Å². The molecule has 0 aliphatic heterocycles. The molecule has 1 nitrogen and oxygen atoms in total. The summed E-state index contributed by atoms with van der Waals surface area (Å²) in [6.07, 6.45) is 0.339. The molecule has 0 unspecified atom stereocenters. The summed E-state index contributed by atoms with van der Waals surface area (Å²) in [6, 6.07) is 10.4. The van der Waals surface area contributed by atoms with Crippen LogP contribution < -0.4 is 0 Å². The number of rotatable bonds is 3. The lowest BCUT2D eigenvalue weighted by atomic mass is 9.98. The molecule has 0 aromatic heterocycles. The quantitative estimate of drug-likeness (QED) is 0.753. The van der Waals surface area contributed by atoms with Crippen LogP contribution in [0.15, 0.2) is 40.9 Å². The number of halogens is 2. The molecule has 3 heteroatoms. The molecule has 2 aromatic carbocycles. The molecule has 0 radical (unpaired) electrons. The maximum absolute atomic E-state index is 13.1. The minimum absolute atomic E-state index is 0.00519. The fourth-order valence-electron chi connectivity index (χ4n) is 1.94. The van der Waals surface area contributed by atoms with Crippen molar-refractivity contribution >= 4 is 21.7 Å². The van der Waals surface area contributed by atoms with E-state index < -0.39 is 0 Å². The van der Waals surface area contributed by atoms with Gasteiger partial charge in [-0.15, -0.1) is 0 Å². The molecule has 2 aromatic rings. The summed E-state index contributed by atoms with van der Waals surface area (Å²) < 4.78 is 13.5. The topological polar surface area (TPSA) is 17.1 Å². The van der Waals surface area contributed by atoms with Gasteiger partial charge in [0.2, 0.25) is 0 Å². The minimum Gasteiger partial charge on any atom is -0.294 e. The summed E-state index contributed by atoms with van der Waals surface area (Å²) in [5.74, 6) is -0.363. The third-order valence-electron chi connectivity index (χ3n) is 3.10. The maximum Gasteiger partial charge on any atom is 0.167 e. The highest BCUT2D eigenvalue weighted by atomic mass is 79.9. The van der Waals surface area contributed by atoms with Crippen molar-refractivity contribution in [1.82, 2.24) is 0 Å². The van der Waals surface area contributed by atoms with Gasteiger partial charge in [-0.2, -0.15) is 0 Å². The fraction of sp³-hybridized carbons (Fsp3) is 0.188. The van der Waals surface area contributed by atoms with Crippen LogP contribution in [0.5, 0.6) is 0 Å². The maximum atomic E-state index is 13.1. The lowest BCUT2D eigenvalue weighted by Gasteiger charge is -2.07. The Morgan fingerprint density at radius 1 is 1.16 bits per heavy atom. The molecule has 0 N–H and O–H groups in total. The SMILES string of the molecule is Cc1ccc(C)c(CC(=O)c2ccc(F)c(Br)c2)c1. The van der Waals surface area contributed by atoms with Gasteiger partial charge < -0.3 is 0 Å². The Hall–Kier alpha value is -1.48. The van der Waals surface area contributed by atoms with Gasteiger partial charge in [0.05, 0.1) is 4.47 Å². The Bertz CT molecular complexity index is 635. The zero-order chi connectivity index (χ0) is 14.0. The highest BCUT2D eigenvalue weighted by molar-refractivity contribution is 9.10. The largest absolute Gasteiger partial charge is 0.294 e. The van der Waals surface area contributed by atoms with E-state index in [-0.39, 0.29) is 11.6 Å². The van der Waals surface area contributed by atoms with Crippen molar-refractivity contribution in [3.05, 3.63) is 68.9 Å². The summed E-state index contributed by atoms with van der Waals surface area (Å²) >= 11 is 3.10. The Balaban J connectivity index is 2.25. The van der Waals surface area contributed by atoms with Gasteiger partial charge in [0.15, 0.2) is 5.78 Å². The van der Waals surface area contributed by atoms with Crippen LogP contribution in [-0.4, -0.2) is 5.78 Å². The first-order chi connectivity index (χ1) is 8.97. The van der Waals surface area contributed by atoms with Crippen LogP contribution in [0.2, 0.25) is 0 Å². The van der Waals surface area contributed by atoms with Crippen LogP contribution >= 0.6 is 15.9 Å². The van der Waals surface area contributed by atoms with Gasteiger partial charge in [0.1, 0.15) is 5.82 Å². The molecular formula is C16H14BrFO. The molecule has 0 atom stereocenters. The second-order valence-corrected chi connectivity index (χ2v) is 5.51. The molecule has 0 spiro atoms. The number of aryl methyl sites for hydroxylation is 2. The predicted octanol–water partition coefficient (Wildman–Crippen LogP) is 4.63. The molecule has 0 aliphatic carbocycles. The smallest absolute Gasteiger partial charge is 0.167 e. The standard InChI is InChI=1S/C16H14BrFO/c1-10-3-4-11(2)13(7-10)9-16(19)12-5-6-15(18)14(17)8-12/h3-8H,9H2,1-2H3. The summed E-state index contributed by atoms with van der Waals surface area (Å²) in [4.78, 5) is 12.2. The van der Waals surface area contributed by atoms with Crippen LogP contribution in [0.1, 0.15) is 27.0 Å². The van der Waals surface area contributed by atoms with Gasteiger partial charge >= 0.3 is 0 Å². The molecule has 0 fully saturated rings. The van der Waals surface area contributed by atoms with Crippen molar-refractivity contribution in [3.63, 3.8) is 0 Å². The predicted molar refractivity (Wildman–Crippen MR) is 78.1 cm³/mol. The van der Waals surface area contributed by atoms with Gasteiger partial charge in [-0.05, 0) is 59.1 Å². The summed E-state index contributed by atoms with van der Waals surface area (Å²) in [7, 11) is 0. The fourth-order valence-corrected chi connectivity index (χ4v) is 2.31. The van der Waals surface area contributed by atoms with E-state index in [0.717, 1.165) is 16.7 Å². The van der Waals surface area contributed by atoms with Gasteiger partial charge in [-0.3, -0.25) is 4.79 Å². The van der Waals surface area contributed by atoms with Crippen LogP contribution in [0.25, 0.3) is 0 Å². The first-order valence-corrected chi connectivity index (χ1v) is 6.81. The number of carbonyl (C=O) groups is 1. The molecule has 0 bridgehead atoms. The van der Waals surface area contributed by atoms with E-state index >= 15 is 0 Å². The number of carbonyl (C=O) groups excluding carboxylic acids is 1. The van der Waals surface area contributed by atoms with Crippen LogP contribution in [-0.2, 0) is 6.42 Å². The molecule has 0 aliphatic rings. The second kappa shape index (κ2) is 5.66. The van der Waals surface area contributed by atoms with Crippen LogP contribution in [0.3, 0.4) is 0 Å². The third kappa shape index (κ3) is 3.29. The third-order valence-corrected chi connectivity index (χ3v) is 3.70. The molecule has 0 saturated carbocycles. The minimum atomic E-state index is -0.358. The summed E-state index contributed by atoms with van der Waals surface area (Å²) in [6.45, 7) is 3.99. The average molecular weight is 321 g/mol. The normalized spacial score (nSPS) is 10.5. The Morgan fingerprint density at radius 3 is 2.58 bits per heavy atom. The second-order valence-electron chi connectivity index (χ2n) is 4.66. The molecule has 0 saturated heterocycles. The van der Waals surface area contributed by atoms with E-state index in [1.807, 2.05) is 32.0 Å². The number of hydrogen-bond acceptors (Lipinski definition) is 1. The molecule has 0 amide bonds. The molecule has 19 heavy (non-hydrogen) atoms. The Labute approximate surface area is 120 Å².